The van der Waals surface area contributed by atoms with Crippen LogP contribution in [0.1, 0.15) is 58.4 Å². The molecular weight excluding hydrogens is 456 g/mol. The number of carbonyl (C=O) groups is 1. The Labute approximate surface area is 211 Å². The Morgan fingerprint density at radius 1 is 1.25 bits per heavy atom. The molecule has 3 aliphatic rings. The van der Waals surface area contributed by atoms with Crippen LogP contribution in [0.4, 0.5) is 17.6 Å². The topological polar surface area (TPSA) is 104 Å². The van der Waals surface area contributed by atoms with Crippen LogP contribution in [0.15, 0.2) is 30.9 Å². The number of carbonyl (C=O) groups excluding carboxylic acids is 1. The van der Waals surface area contributed by atoms with Crippen LogP contribution in [0.25, 0.3) is 5.52 Å². The molecule has 0 amide bonds. The Hall–Kier alpha value is -2.98. The van der Waals surface area contributed by atoms with E-state index < -0.39 is 12.1 Å². The molecule has 3 aromatic rings. The number of nitrogens with zero attached hydrogens (tertiary/aromatic N) is 7. The molecule has 192 valence electrons. The van der Waals surface area contributed by atoms with Gasteiger partial charge < -0.3 is 24.8 Å². The summed E-state index contributed by atoms with van der Waals surface area (Å²) in [4.78, 5) is 27.3. The minimum Gasteiger partial charge on any atom is -0.391 e. The van der Waals surface area contributed by atoms with Gasteiger partial charge in [0.05, 0.1) is 18.5 Å². The van der Waals surface area contributed by atoms with E-state index >= 15 is 0 Å². The molecule has 36 heavy (non-hydrogen) atoms. The number of rotatable bonds is 8. The first-order valence-corrected chi connectivity index (χ1v) is 13.3. The fourth-order valence-electron chi connectivity index (χ4n) is 5.74. The normalized spacial score (nSPS) is 25.2. The number of aliphatic hydroxyl groups is 1. The molecule has 1 unspecified atom stereocenters. The Morgan fingerprint density at radius 3 is 2.89 bits per heavy atom. The molecule has 2 saturated heterocycles. The number of aromatic nitrogens is 5. The molecule has 2 aliphatic heterocycles. The van der Waals surface area contributed by atoms with E-state index in [9.17, 15) is 9.90 Å². The zero-order valence-corrected chi connectivity index (χ0v) is 21.1. The van der Waals surface area contributed by atoms with Gasteiger partial charge in [-0.1, -0.05) is 0 Å². The van der Waals surface area contributed by atoms with Crippen molar-refractivity contribution in [2.75, 3.05) is 29.9 Å². The van der Waals surface area contributed by atoms with Crippen molar-refractivity contribution in [1.82, 2.24) is 29.0 Å². The van der Waals surface area contributed by atoms with Crippen molar-refractivity contribution in [2.45, 2.75) is 76.6 Å². The van der Waals surface area contributed by atoms with Crippen molar-refractivity contribution < 1.29 is 9.90 Å². The molecule has 1 saturated carbocycles. The molecular formula is C26H36N8O2. The largest absolute Gasteiger partial charge is 0.391 e. The SMILES string of the molecule is CC(C)n1cnc(Nc2nc(N3C[C@@H](O)C[C@H]3C(=O)CC3CCCN(C4CC4)C3)nn3cccc23)c1. The maximum absolute atomic E-state index is 13.5. The second-order valence-electron chi connectivity index (χ2n) is 11.0. The first kappa shape index (κ1) is 23.4. The predicted molar refractivity (Wildman–Crippen MR) is 138 cm³/mol. The van der Waals surface area contributed by atoms with Crippen LogP contribution in [0.3, 0.4) is 0 Å². The second-order valence-corrected chi connectivity index (χ2v) is 11.0. The van der Waals surface area contributed by atoms with E-state index in [0.717, 1.165) is 24.5 Å². The van der Waals surface area contributed by atoms with Gasteiger partial charge in [0.2, 0.25) is 5.95 Å². The number of piperidine rings is 1. The Bertz CT molecular complexity index is 1230. The van der Waals surface area contributed by atoms with Crippen LogP contribution in [0, 0.1) is 5.92 Å². The Balaban J connectivity index is 1.23. The average Bonchev–Trinajstić information content (AvgIpc) is 3.23. The maximum atomic E-state index is 13.5. The molecule has 0 aromatic carbocycles. The highest BCUT2D eigenvalue weighted by Gasteiger charge is 2.40. The summed E-state index contributed by atoms with van der Waals surface area (Å²) in [7, 11) is 0. The van der Waals surface area contributed by atoms with E-state index in [4.69, 9.17) is 10.1 Å². The number of β-amino-alcohol motifs (C(OH)–C–C–N with tert-alkyl or cyclic N) is 1. The highest BCUT2D eigenvalue weighted by Crippen LogP contribution is 2.33. The summed E-state index contributed by atoms with van der Waals surface area (Å²) in [5, 5.41) is 18.6. The fraction of sp³-hybridized carbons (Fsp3) is 0.615. The van der Waals surface area contributed by atoms with E-state index in [1.807, 2.05) is 34.0 Å². The van der Waals surface area contributed by atoms with E-state index in [1.54, 1.807) is 10.8 Å². The van der Waals surface area contributed by atoms with Gasteiger partial charge in [-0.2, -0.15) is 4.98 Å². The smallest absolute Gasteiger partial charge is 0.246 e. The Morgan fingerprint density at radius 2 is 2.11 bits per heavy atom. The third-order valence-electron chi connectivity index (χ3n) is 7.84. The lowest BCUT2D eigenvalue weighted by atomic mass is 9.90. The van der Waals surface area contributed by atoms with Gasteiger partial charge in [-0.3, -0.25) is 4.79 Å². The molecule has 3 fully saturated rings. The van der Waals surface area contributed by atoms with Crippen LogP contribution in [0.5, 0.6) is 0 Å². The summed E-state index contributed by atoms with van der Waals surface area (Å²) in [6, 6.07) is 4.51. The molecule has 3 atom stereocenters. The Kier molecular flexibility index (Phi) is 6.17. The number of imidazole rings is 1. The summed E-state index contributed by atoms with van der Waals surface area (Å²) >= 11 is 0. The van der Waals surface area contributed by atoms with Crippen molar-refractivity contribution in [1.29, 1.82) is 0 Å². The predicted octanol–water partition coefficient (Wildman–Crippen LogP) is 3.02. The molecule has 0 spiro atoms. The van der Waals surface area contributed by atoms with E-state index in [0.29, 0.717) is 48.9 Å². The quantitative estimate of drug-likeness (QED) is 0.495. The average molecular weight is 493 g/mol. The number of fused-ring (bicyclic) bond motifs is 1. The lowest BCUT2D eigenvalue weighted by Crippen LogP contribution is -2.41. The van der Waals surface area contributed by atoms with Crippen molar-refractivity contribution in [2.24, 2.45) is 5.92 Å². The van der Waals surface area contributed by atoms with E-state index in [1.165, 1.54) is 25.8 Å². The minimum absolute atomic E-state index is 0.190. The van der Waals surface area contributed by atoms with Crippen molar-refractivity contribution in [3.05, 3.63) is 30.9 Å². The summed E-state index contributed by atoms with van der Waals surface area (Å²) in [6.07, 6.45) is 10.9. The number of Topliss-reactive ketones (excluding diaryl/α,β-unsaturated/α-hetero) is 1. The summed E-state index contributed by atoms with van der Waals surface area (Å²) < 4.78 is 3.80. The monoisotopic (exact) mass is 492 g/mol. The lowest BCUT2D eigenvalue weighted by Gasteiger charge is -2.33. The van der Waals surface area contributed by atoms with Gasteiger partial charge in [0, 0.05) is 50.4 Å². The van der Waals surface area contributed by atoms with Crippen molar-refractivity contribution in [3.8, 4) is 0 Å². The van der Waals surface area contributed by atoms with Gasteiger partial charge in [0.15, 0.2) is 11.6 Å². The van der Waals surface area contributed by atoms with Gasteiger partial charge in [0.25, 0.3) is 0 Å². The molecule has 10 heteroatoms. The lowest BCUT2D eigenvalue weighted by molar-refractivity contribution is -0.121. The molecule has 1 aliphatic carbocycles. The summed E-state index contributed by atoms with van der Waals surface area (Å²) in [6.45, 7) is 6.75. The van der Waals surface area contributed by atoms with Gasteiger partial charge >= 0.3 is 0 Å². The van der Waals surface area contributed by atoms with Gasteiger partial charge in [-0.15, -0.1) is 5.10 Å². The molecule has 10 nitrogen and oxygen atoms in total. The maximum Gasteiger partial charge on any atom is 0.246 e. The number of aliphatic hydroxyl groups excluding tert-OH is 1. The second kappa shape index (κ2) is 9.48. The number of hydrogen-bond donors (Lipinski definition) is 2. The van der Waals surface area contributed by atoms with E-state index in [-0.39, 0.29) is 5.78 Å². The zero-order valence-electron chi connectivity index (χ0n) is 21.1. The fourth-order valence-corrected chi connectivity index (χ4v) is 5.74. The van der Waals surface area contributed by atoms with Crippen molar-refractivity contribution >= 4 is 28.9 Å². The summed E-state index contributed by atoms with van der Waals surface area (Å²) in [5.74, 6) is 2.35. The van der Waals surface area contributed by atoms with Crippen LogP contribution in [0.2, 0.25) is 0 Å². The number of likely N-dealkylation sites (tertiary alicyclic amines) is 1. The molecule has 6 rings (SSSR count). The van der Waals surface area contributed by atoms with Gasteiger partial charge in [-0.05, 0) is 64.1 Å². The van der Waals surface area contributed by atoms with Crippen LogP contribution < -0.4 is 10.2 Å². The van der Waals surface area contributed by atoms with Crippen molar-refractivity contribution in [3.63, 3.8) is 0 Å². The third kappa shape index (κ3) is 4.71. The van der Waals surface area contributed by atoms with Crippen LogP contribution >= 0.6 is 0 Å². The first-order valence-electron chi connectivity index (χ1n) is 13.3. The molecule has 0 bridgehead atoms. The van der Waals surface area contributed by atoms with Gasteiger partial charge in [-0.25, -0.2) is 9.50 Å². The number of anilines is 3. The van der Waals surface area contributed by atoms with Gasteiger partial charge in [0.1, 0.15) is 11.3 Å². The zero-order chi connectivity index (χ0) is 24.8. The highest BCUT2D eigenvalue weighted by molar-refractivity contribution is 5.88. The third-order valence-corrected chi connectivity index (χ3v) is 7.84. The highest BCUT2D eigenvalue weighted by atomic mass is 16.3. The molecule has 5 heterocycles. The number of hydrogen-bond acceptors (Lipinski definition) is 8. The summed E-state index contributed by atoms with van der Waals surface area (Å²) in [5.41, 5.74) is 0.822. The number of ketones is 1. The molecule has 0 radical (unpaired) electrons. The van der Waals surface area contributed by atoms with Crippen LogP contribution in [-0.2, 0) is 4.79 Å². The molecule has 3 aromatic heterocycles. The number of nitrogens with one attached hydrogen (secondary N) is 1. The van der Waals surface area contributed by atoms with Crippen LogP contribution in [-0.4, -0.2) is 77.8 Å². The van der Waals surface area contributed by atoms with E-state index in [2.05, 4.69) is 29.0 Å². The first-order chi connectivity index (χ1) is 17.4. The molecule has 2 N–H and O–H groups in total. The minimum atomic E-state index is -0.574. The standard InChI is InChI=1S/C26H36N8O2/c1-17(2)32-15-24(27-16-32)28-25-21-6-4-10-34(21)30-26(29-25)33-14-20(35)12-22(33)23(36)11-18-5-3-9-31(13-18)19-7-8-19/h4,6,10,15-20,22,35H,3,5,7-9,11-14H2,1-2H3,(H,28,29,30)/t18?,20-,22-/m0/s1.